The molecule has 0 saturated heterocycles. The topological polar surface area (TPSA) is 43.1 Å². The van der Waals surface area contributed by atoms with Crippen LogP contribution < -0.4 is 5.73 Å². The highest BCUT2D eigenvalue weighted by atomic mass is 35.5. The van der Waals surface area contributed by atoms with Gasteiger partial charge in [0.25, 0.3) is 0 Å². The first kappa shape index (κ1) is 11.1. The number of rotatable bonds is 5. The monoisotopic (exact) mass is 211 g/mol. The molecule has 0 fully saturated rings. The van der Waals surface area contributed by atoms with Crippen LogP contribution in [0, 0.1) is 0 Å². The van der Waals surface area contributed by atoms with E-state index in [2.05, 4.69) is 0 Å². The molecule has 1 aromatic carbocycles. The Hall–Kier alpha value is -1.02. The average Bonchev–Trinajstić information content (AvgIpc) is 2.19. The molecule has 0 bridgehead atoms. The van der Waals surface area contributed by atoms with Gasteiger partial charge in [0.1, 0.15) is 0 Å². The number of halogens is 1. The quantitative estimate of drug-likeness (QED) is 0.747. The van der Waals surface area contributed by atoms with Crippen LogP contribution in [0.15, 0.2) is 30.3 Å². The van der Waals surface area contributed by atoms with Gasteiger partial charge in [-0.3, -0.25) is 4.79 Å². The second-order valence-corrected chi connectivity index (χ2v) is 3.57. The number of hydrogen-bond acceptors (Lipinski definition) is 1. The number of nitrogens with two attached hydrogens (primary N) is 1. The lowest BCUT2D eigenvalue weighted by Crippen LogP contribution is -2.21. The van der Waals surface area contributed by atoms with Crippen LogP contribution in [-0.4, -0.2) is 11.8 Å². The first-order valence-corrected chi connectivity index (χ1v) is 5.19. The zero-order valence-corrected chi connectivity index (χ0v) is 8.70. The van der Waals surface area contributed by atoms with E-state index in [4.69, 9.17) is 17.3 Å². The van der Waals surface area contributed by atoms with E-state index >= 15 is 0 Å². The SMILES string of the molecule is NC(=O)C(CCCCl)c1ccccc1. The lowest BCUT2D eigenvalue weighted by Gasteiger charge is -2.12. The Kier molecular flexibility index (Phi) is 4.47. The second-order valence-electron chi connectivity index (χ2n) is 3.20. The van der Waals surface area contributed by atoms with Crippen LogP contribution in [0.3, 0.4) is 0 Å². The van der Waals surface area contributed by atoms with Gasteiger partial charge in [0.2, 0.25) is 5.91 Å². The molecule has 2 N–H and O–H groups in total. The fourth-order valence-corrected chi connectivity index (χ4v) is 1.59. The summed E-state index contributed by atoms with van der Waals surface area (Å²) in [4.78, 5) is 11.2. The van der Waals surface area contributed by atoms with Crippen LogP contribution >= 0.6 is 11.6 Å². The molecule has 14 heavy (non-hydrogen) atoms. The van der Waals surface area contributed by atoms with E-state index < -0.39 is 0 Å². The first-order chi connectivity index (χ1) is 6.75. The van der Waals surface area contributed by atoms with Gasteiger partial charge in [0, 0.05) is 5.88 Å². The van der Waals surface area contributed by atoms with E-state index in [1.807, 2.05) is 30.3 Å². The van der Waals surface area contributed by atoms with Crippen LogP contribution in [-0.2, 0) is 4.79 Å². The fourth-order valence-electron chi connectivity index (χ4n) is 1.44. The largest absolute Gasteiger partial charge is 0.369 e. The molecule has 0 radical (unpaired) electrons. The van der Waals surface area contributed by atoms with Gasteiger partial charge in [0.15, 0.2) is 0 Å². The number of amides is 1. The van der Waals surface area contributed by atoms with Gasteiger partial charge in [0.05, 0.1) is 5.92 Å². The number of carbonyl (C=O) groups is 1. The van der Waals surface area contributed by atoms with Crippen LogP contribution in [0.4, 0.5) is 0 Å². The standard InChI is InChI=1S/C11H14ClNO/c12-8-4-7-10(11(13)14)9-5-2-1-3-6-9/h1-3,5-6,10H,4,7-8H2,(H2,13,14). The number of primary amides is 1. The van der Waals surface area contributed by atoms with Crippen molar-refractivity contribution in [1.29, 1.82) is 0 Å². The molecule has 76 valence electrons. The number of hydrogen-bond donors (Lipinski definition) is 1. The second kappa shape index (κ2) is 5.66. The van der Waals surface area contributed by atoms with Gasteiger partial charge in [-0.15, -0.1) is 11.6 Å². The van der Waals surface area contributed by atoms with E-state index in [0.717, 1.165) is 18.4 Å². The smallest absolute Gasteiger partial charge is 0.224 e. The summed E-state index contributed by atoms with van der Waals surface area (Å²) in [6.07, 6.45) is 1.53. The minimum absolute atomic E-state index is 0.199. The zero-order chi connectivity index (χ0) is 10.4. The Morgan fingerprint density at radius 3 is 2.50 bits per heavy atom. The minimum atomic E-state index is -0.277. The minimum Gasteiger partial charge on any atom is -0.369 e. The van der Waals surface area contributed by atoms with Crippen molar-refractivity contribution >= 4 is 17.5 Å². The van der Waals surface area contributed by atoms with Gasteiger partial charge >= 0.3 is 0 Å². The lowest BCUT2D eigenvalue weighted by atomic mass is 9.94. The molecule has 0 spiro atoms. The van der Waals surface area contributed by atoms with Crippen LogP contribution in [0.2, 0.25) is 0 Å². The maximum atomic E-state index is 11.2. The van der Waals surface area contributed by atoms with E-state index in [1.165, 1.54) is 0 Å². The summed E-state index contributed by atoms with van der Waals surface area (Å²) in [6, 6.07) is 9.58. The number of alkyl halides is 1. The third-order valence-electron chi connectivity index (χ3n) is 2.17. The van der Waals surface area contributed by atoms with Crippen molar-refractivity contribution in [3.63, 3.8) is 0 Å². The molecule has 0 aromatic heterocycles. The van der Waals surface area contributed by atoms with Crippen molar-refractivity contribution in [2.75, 3.05) is 5.88 Å². The van der Waals surface area contributed by atoms with Crippen molar-refractivity contribution in [3.8, 4) is 0 Å². The Bertz CT molecular complexity index is 287. The molecule has 3 heteroatoms. The van der Waals surface area contributed by atoms with E-state index in [1.54, 1.807) is 0 Å². The van der Waals surface area contributed by atoms with Crippen LogP contribution in [0.25, 0.3) is 0 Å². The Balaban J connectivity index is 2.73. The molecule has 1 aromatic rings. The Labute approximate surface area is 89.1 Å². The highest BCUT2D eigenvalue weighted by Gasteiger charge is 2.16. The van der Waals surface area contributed by atoms with Crippen molar-refractivity contribution in [3.05, 3.63) is 35.9 Å². The molecule has 1 rings (SSSR count). The molecule has 0 aliphatic heterocycles. The summed E-state index contributed by atoms with van der Waals surface area (Å²) in [7, 11) is 0. The predicted molar refractivity (Wildman–Crippen MR) is 58.3 cm³/mol. The molecular weight excluding hydrogens is 198 g/mol. The fraction of sp³-hybridized carbons (Fsp3) is 0.364. The number of benzene rings is 1. The van der Waals surface area contributed by atoms with Gasteiger partial charge in [-0.25, -0.2) is 0 Å². The van der Waals surface area contributed by atoms with Gasteiger partial charge < -0.3 is 5.73 Å². The molecule has 1 amide bonds. The van der Waals surface area contributed by atoms with Crippen molar-refractivity contribution in [2.45, 2.75) is 18.8 Å². The third kappa shape index (κ3) is 3.04. The summed E-state index contributed by atoms with van der Waals surface area (Å²) < 4.78 is 0. The molecule has 0 heterocycles. The van der Waals surface area contributed by atoms with Crippen LogP contribution in [0.5, 0.6) is 0 Å². The summed E-state index contributed by atoms with van der Waals surface area (Å²) in [5, 5.41) is 0. The molecule has 1 atom stereocenters. The summed E-state index contributed by atoms with van der Waals surface area (Å²) in [5.74, 6) is 0.0904. The summed E-state index contributed by atoms with van der Waals surface area (Å²) in [6.45, 7) is 0. The number of carbonyl (C=O) groups excluding carboxylic acids is 1. The lowest BCUT2D eigenvalue weighted by molar-refractivity contribution is -0.119. The maximum absolute atomic E-state index is 11.2. The summed E-state index contributed by atoms with van der Waals surface area (Å²) >= 11 is 5.59. The molecule has 0 saturated carbocycles. The molecular formula is C11H14ClNO. The first-order valence-electron chi connectivity index (χ1n) is 4.66. The van der Waals surface area contributed by atoms with Gasteiger partial charge in [-0.1, -0.05) is 30.3 Å². The molecule has 0 aliphatic carbocycles. The van der Waals surface area contributed by atoms with E-state index in [-0.39, 0.29) is 11.8 Å². The van der Waals surface area contributed by atoms with Crippen molar-refractivity contribution in [2.24, 2.45) is 5.73 Å². The van der Waals surface area contributed by atoms with Crippen LogP contribution in [0.1, 0.15) is 24.3 Å². The normalized spacial score (nSPS) is 12.4. The summed E-state index contributed by atoms with van der Waals surface area (Å²) in [5.41, 5.74) is 6.30. The maximum Gasteiger partial charge on any atom is 0.224 e. The van der Waals surface area contributed by atoms with Crippen molar-refractivity contribution < 1.29 is 4.79 Å². The zero-order valence-electron chi connectivity index (χ0n) is 7.95. The molecule has 0 aliphatic rings. The highest BCUT2D eigenvalue weighted by molar-refractivity contribution is 6.17. The van der Waals surface area contributed by atoms with Gasteiger partial charge in [-0.2, -0.15) is 0 Å². The highest BCUT2D eigenvalue weighted by Crippen LogP contribution is 2.20. The molecule has 1 unspecified atom stereocenters. The van der Waals surface area contributed by atoms with Crippen molar-refractivity contribution in [1.82, 2.24) is 0 Å². The Morgan fingerprint density at radius 1 is 1.36 bits per heavy atom. The van der Waals surface area contributed by atoms with E-state index in [9.17, 15) is 4.79 Å². The predicted octanol–water partition coefficient (Wildman–Crippen LogP) is 2.27. The van der Waals surface area contributed by atoms with Gasteiger partial charge in [-0.05, 0) is 18.4 Å². The van der Waals surface area contributed by atoms with E-state index in [0.29, 0.717) is 5.88 Å². The third-order valence-corrected chi connectivity index (χ3v) is 2.44. The molecule has 2 nitrogen and oxygen atoms in total. The average molecular weight is 212 g/mol. The Morgan fingerprint density at radius 2 is 2.00 bits per heavy atom.